The molecule has 1 aliphatic rings. The molecule has 0 bridgehead atoms. The van der Waals surface area contributed by atoms with Gasteiger partial charge in [-0.05, 0) is 30.4 Å². The summed E-state index contributed by atoms with van der Waals surface area (Å²) in [6.07, 6.45) is 1.20. The molecule has 1 aromatic rings. The predicted molar refractivity (Wildman–Crippen MR) is 76.2 cm³/mol. The van der Waals surface area contributed by atoms with E-state index in [1.54, 1.807) is 0 Å². The number of piperidine rings is 1. The van der Waals surface area contributed by atoms with Gasteiger partial charge in [-0.25, -0.2) is 0 Å². The Kier molecular flexibility index (Phi) is 4.12. The molecule has 0 radical (unpaired) electrons. The van der Waals surface area contributed by atoms with Crippen molar-refractivity contribution < 1.29 is 4.79 Å². The highest BCUT2D eigenvalue weighted by Gasteiger charge is 2.18. The van der Waals surface area contributed by atoms with Crippen LogP contribution in [0, 0.1) is 0 Å². The van der Waals surface area contributed by atoms with E-state index in [1.807, 2.05) is 29.2 Å². The maximum atomic E-state index is 11.1. The highest BCUT2D eigenvalue weighted by molar-refractivity contribution is 9.10. The van der Waals surface area contributed by atoms with E-state index in [1.165, 1.54) is 0 Å². The number of anilines is 1. The van der Waals surface area contributed by atoms with Crippen LogP contribution in [-0.4, -0.2) is 28.9 Å². The van der Waals surface area contributed by atoms with Crippen LogP contribution in [0.1, 0.15) is 12.8 Å². The molecule has 17 heavy (non-hydrogen) atoms. The molecule has 1 saturated heterocycles. The molecule has 1 N–H and O–H groups in total. The van der Waals surface area contributed by atoms with E-state index >= 15 is 0 Å². The third kappa shape index (κ3) is 3.51. The summed E-state index contributed by atoms with van der Waals surface area (Å²) < 4.78 is 1.01. The second-order valence-electron chi connectivity index (χ2n) is 3.97. The SMILES string of the molecule is O=C1CCN(C(=S)Nc2cccc(Br)c2)CC1. The Bertz CT molecular complexity index is 440. The molecule has 1 heterocycles. The van der Waals surface area contributed by atoms with E-state index in [-0.39, 0.29) is 0 Å². The number of carbonyl (C=O) groups excluding carboxylic acids is 1. The maximum absolute atomic E-state index is 11.1. The van der Waals surface area contributed by atoms with Crippen molar-refractivity contribution in [2.24, 2.45) is 0 Å². The molecule has 90 valence electrons. The number of carbonyl (C=O) groups is 1. The largest absolute Gasteiger partial charge is 0.348 e. The third-order valence-corrected chi connectivity index (χ3v) is 3.54. The predicted octanol–water partition coefficient (Wildman–Crippen LogP) is 2.81. The lowest BCUT2D eigenvalue weighted by atomic mass is 10.1. The number of likely N-dealkylation sites (tertiary alicyclic amines) is 1. The quantitative estimate of drug-likeness (QED) is 0.808. The molecular weight excluding hydrogens is 300 g/mol. The zero-order valence-electron chi connectivity index (χ0n) is 9.28. The van der Waals surface area contributed by atoms with Gasteiger partial charge >= 0.3 is 0 Å². The van der Waals surface area contributed by atoms with Crippen LogP contribution in [-0.2, 0) is 4.79 Å². The number of nitrogens with one attached hydrogen (secondary N) is 1. The number of thiocarbonyl (C=S) groups is 1. The monoisotopic (exact) mass is 312 g/mol. The lowest BCUT2D eigenvalue weighted by Gasteiger charge is -2.28. The van der Waals surface area contributed by atoms with E-state index in [0.29, 0.717) is 23.7 Å². The van der Waals surface area contributed by atoms with Gasteiger partial charge in [0.05, 0.1) is 0 Å². The molecule has 1 aliphatic heterocycles. The molecule has 0 amide bonds. The Morgan fingerprint density at radius 2 is 2.06 bits per heavy atom. The fraction of sp³-hybridized carbons (Fsp3) is 0.333. The molecule has 2 rings (SSSR count). The normalized spacial score (nSPS) is 15.8. The van der Waals surface area contributed by atoms with Gasteiger partial charge in [0.2, 0.25) is 0 Å². The summed E-state index contributed by atoms with van der Waals surface area (Å²) in [6, 6.07) is 7.86. The van der Waals surface area contributed by atoms with Crippen molar-refractivity contribution in [1.82, 2.24) is 4.90 Å². The number of benzene rings is 1. The van der Waals surface area contributed by atoms with Crippen LogP contribution in [0.3, 0.4) is 0 Å². The van der Waals surface area contributed by atoms with E-state index < -0.39 is 0 Å². The summed E-state index contributed by atoms with van der Waals surface area (Å²) in [5, 5.41) is 3.87. The zero-order valence-corrected chi connectivity index (χ0v) is 11.7. The highest BCUT2D eigenvalue weighted by atomic mass is 79.9. The Morgan fingerprint density at radius 3 is 2.71 bits per heavy atom. The number of hydrogen-bond donors (Lipinski definition) is 1. The van der Waals surface area contributed by atoms with Crippen LogP contribution in [0.15, 0.2) is 28.7 Å². The second-order valence-corrected chi connectivity index (χ2v) is 5.27. The van der Waals surface area contributed by atoms with Gasteiger partial charge in [0.1, 0.15) is 5.78 Å². The molecule has 0 saturated carbocycles. The van der Waals surface area contributed by atoms with Crippen LogP contribution in [0.25, 0.3) is 0 Å². The first-order chi connectivity index (χ1) is 8.15. The molecule has 0 aliphatic carbocycles. The third-order valence-electron chi connectivity index (χ3n) is 2.68. The minimum Gasteiger partial charge on any atom is -0.348 e. The van der Waals surface area contributed by atoms with Gasteiger partial charge in [0, 0.05) is 36.1 Å². The van der Waals surface area contributed by atoms with Crippen LogP contribution < -0.4 is 5.32 Å². The number of ketones is 1. The van der Waals surface area contributed by atoms with Gasteiger partial charge in [-0.3, -0.25) is 4.79 Å². The van der Waals surface area contributed by atoms with Crippen molar-refractivity contribution in [1.29, 1.82) is 0 Å². The molecule has 0 atom stereocenters. The maximum Gasteiger partial charge on any atom is 0.173 e. The summed E-state index contributed by atoms with van der Waals surface area (Å²) in [6.45, 7) is 1.44. The van der Waals surface area contributed by atoms with Gasteiger partial charge in [0.15, 0.2) is 5.11 Å². The van der Waals surface area contributed by atoms with Crippen LogP contribution in [0.2, 0.25) is 0 Å². The zero-order chi connectivity index (χ0) is 12.3. The van der Waals surface area contributed by atoms with Gasteiger partial charge in [0.25, 0.3) is 0 Å². The second kappa shape index (κ2) is 5.60. The van der Waals surface area contributed by atoms with Gasteiger partial charge < -0.3 is 10.2 Å². The lowest BCUT2D eigenvalue weighted by Crippen LogP contribution is -2.40. The molecule has 5 heteroatoms. The topological polar surface area (TPSA) is 32.3 Å². The Morgan fingerprint density at radius 1 is 1.35 bits per heavy atom. The molecular formula is C12H13BrN2OS. The van der Waals surface area contributed by atoms with Crippen LogP contribution in [0.4, 0.5) is 5.69 Å². The number of rotatable bonds is 1. The minimum atomic E-state index is 0.325. The summed E-state index contributed by atoms with van der Waals surface area (Å²) in [5.74, 6) is 0.325. The molecule has 1 aromatic carbocycles. The van der Waals surface area contributed by atoms with Crippen molar-refractivity contribution in [2.75, 3.05) is 18.4 Å². The first-order valence-electron chi connectivity index (χ1n) is 5.48. The highest BCUT2D eigenvalue weighted by Crippen LogP contribution is 2.16. The van der Waals surface area contributed by atoms with Gasteiger partial charge in [-0.15, -0.1) is 0 Å². The molecule has 0 spiro atoms. The average molecular weight is 313 g/mol. The van der Waals surface area contributed by atoms with Crippen molar-refractivity contribution >= 4 is 44.7 Å². The average Bonchev–Trinajstić information content (AvgIpc) is 2.29. The first kappa shape index (κ1) is 12.5. The van der Waals surface area contributed by atoms with Crippen molar-refractivity contribution in [2.45, 2.75) is 12.8 Å². The molecule has 1 fully saturated rings. The molecule has 0 unspecified atom stereocenters. The Balaban J connectivity index is 1.95. The number of nitrogens with zero attached hydrogens (tertiary/aromatic N) is 1. The summed E-state index contributed by atoms with van der Waals surface area (Å²) in [7, 11) is 0. The Hall–Kier alpha value is -0.940. The summed E-state index contributed by atoms with van der Waals surface area (Å²) in [5.41, 5.74) is 0.960. The lowest BCUT2D eigenvalue weighted by molar-refractivity contribution is -0.120. The first-order valence-corrected chi connectivity index (χ1v) is 6.68. The van der Waals surface area contributed by atoms with E-state index in [4.69, 9.17) is 12.2 Å². The fourth-order valence-electron chi connectivity index (χ4n) is 1.73. The fourth-order valence-corrected chi connectivity index (χ4v) is 2.43. The van der Waals surface area contributed by atoms with Crippen molar-refractivity contribution in [3.8, 4) is 0 Å². The van der Waals surface area contributed by atoms with Crippen LogP contribution in [0.5, 0.6) is 0 Å². The van der Waals surface area contributed by atoms with E-state index in [0.717, 1.165) is 23.2 Å². The van der Waals surface area contributed by atoms with E-state index in [2.05, 4.69) is 21.2 Å². The van der Waals surface area contributed by atoms with E-state index in [9.17, 15) is 4.79 Å². The van der Waals surface area contributed by atoms with Crippen LogP contribution >= 0.6 is 28.1 Å². The summed E-state index contributed by atoms with van der Waals surface area (Å²) >= 11 is 8.74. The molecule has 0 aromatic heterocycles. The smallest absolute Gasteiger partial charge is 0.173 e. The standard InChI is InChI=1S/C12H13BrN2OS/c13-9-2-1-3-10(8-9)14-12(17)15-6-4-11(16)5-7-15/h1-3,8H,4-7H2,(H,14,17). The number of Topliss-reactive ketones (excluding diaryl/α,β-unsaturated/α-hetero) is 1. The van der Waals surface area contributed by atoms with Gasteiger partial charge in [-0.1, -0.05) is 22.0 Å². The number of hydrogen-bond acceptors (Lipinski definition) is 2. The van der Waals surface area contributed by atoms with Gasteiger partial charge in [-0.2, -0.15) is 0 Å². The number of halogens is 1. The van der Waals surface area contributed by atoms with Crippen molar-refractivity contribution in [3.05, 3.63) is 28.7 Å². The summed E-state index contributed by atoms with van der Waals surface area (Å²) in [4.78, 5) is 13.2. The van der Waals surface area contributed by atoms with Crippen molar-refractivity contribution in [3.63, 3.8) is 0 Å². The minimum absolute atomic E-state index is 0.325. The Labute approximate surface area is 114 Å². The molecule has 3 nitrogen and oxygen atoms in total.